The van der Waals surface area contributed by atoms with Crippen LogP contribution in [0.15, 0.2) is 39.3 Å². The Kier molecular flexibility index (Phi) is 4.81. The number of aryl methyl sites for hydroxylation is 1. The number of carbonyl (C=O) groups is 1. The van der Waals surface area contributed by atoms with E-state index in [2.05, 4.69) is 25.3 Å². The zero-order chi connectivity index (χ0) is 18.8. The summed E-state index contributed by atoms with van der Waals surface area (Å²) in [6, 6.07) is 9.92. The molecule has 1 aliphatic rings. The average Bonchev–Trinajstić information content (AvgIpc) is 3.29. The summed E-state index contributed by atoms with van der Waals surface area (Å²) in [5, 5.41) is 6.68. The molecule has 142 valence electrons. The lowest BCUT2D eigenvalue weighted by Crippen LogP contribution is -2.53. The fraction of sp³-hybridized carbons (Fsp3) is 0.421. The summed E-state index contributed by atoms with van der Waals surface area (Å²) < 4.78 is 10.9. The lowest BCUT2D eigenvalue weighted by atomic mass is 10.1. The number of rotatable bonds is 5. The van der Waals surface area contributed by atoms with Crippen molar-refractivity contribution in [3.8, 4) is 0 Å². The summed E-state index contributed by atoms with van der Waals surface area (Å²) in [4.78, 5) is 21.5. The van der Waals surface area contributed by atoms with Crippen LogP contribution < -0.4 is 10.2 Å². The third-order valence-corrected chi connectivity index (χ3v) is 4.88. The Morgan fingerprint density at radius 1 is 1.26 bits per heavy atom. The molecule has 8 nitrogen and oxygen atoms in total. The molecular weight excluding hydrogens is 346 g/mol. The first-order valence-corrected chi connectivity index (χ1v) is 9.23. The van der Waals surface area contributed by atoms with Crippen LogP contribution in [0.4, 0.5) is 11.8 Å². The SMILES string of the molecule is CCC(C(=O)Nc1cc(C)on1)N1CCN(c2nc3ccccc3o2)CC1. The first-order chi connectivity index (χ1) is 13.1. The molecule has 3 heterocycles. The lowest BCUT2D eigenvalue weighted by molar-refractivity contribution is -0.121. The van der Waals surface area contributed by atoms with Crippen molar-refractivity contribution in [1.29, 1.82) is 0 Å². The van der Waals surface area contributed by atoms with Crippen molar-refractivity contribution < 1.29 is 13.7 Å². The lowest BCUT2D eigenvalue weighted by Gasteiger charge is -2.37. The minimum atomic E-state index is -0.201. The molecule has 1 saturated heterocycles. The maximum absolute atomic E-state index is 12.6. The molecular formula is C19H23N5O3. The number of aromatic nitrogens is 2. The van der Waals surface area contributed by atoms with E-state index in [1.54, 1.807) is 13.0 Å². The van der Waals surface area contributed by atoms with Crippen LogP contribution in [0.3, 0.4) is 0 Å². The highest BCUT2D eigenvalue weighted by atomic mass is 16.5. The van der Waals surface area contributed by atoms with Crippen molar-refractivity contribution in [3.05, 3.63) is 36.1 Å². The molecule has 4 rings (SSSR count). The highest BCUT2D eigenvalue weighted by molar-refractivity contribution is 5.94. The number of carbonyl (C=O) groups excluding carboxylic acids is 1. The Labute approximate surface area is 157 Å². The largest absolute Gasteiger partial charge is 0.423 e. The monoisotopic (exact) mass is 369 g/mol. The van der Waals surface area contributed by atoms with Crippen LogP contribution in [-0.4, -0.2) is 53.2 Å². The standard InChI is InChI=1S/C19H23N5O3/c1-3-15(18(25)21-17-12-13(2)27-22-17)23-8-10-24(11-9-23)19-20-14-6-4-5-7-16(14)26-19/h4-7,12,15H,3,8-11H2,1-2H3,(H,21,22,25). The summed E-state index contributed by atoms with van der Waals surface area (Å²) in [6.07, 6.45) is 0.728. The molecule has 3 aromatic rings. The van der Waals surface area contributed by atoms with Crippen molar-refractivity contribution in [1.82, 2.24) is 15.0 Å². The number of hydrogen-bond acceptors (Lipinski definition) is 7. The molecule has 2 aromatic heterocycles. The number of para-hydroxylation sites is 2. The Balaban J connectivity index is 1.38. The second kappa shape index (κ2) is 7.40. The molecule has 0 aliphatic carbocycles. The van der Waals surface area contributed by atoms with Crippen molar-refractivity contribution in [2.45, 2.75) is 26.3 Å². The summed E-state index contributed by atoms with van der Waals surface area (Å²) in [6.45, 7) is 6.88. The van der Waals surface area contributed by atoms with E-state index in [-0.39, 0.29) is 11.9 Å². The molecule has 27 heavy (non-hydrogen) atoms. The zero-order valence-electron chi connectivity index (χ0n) is 15.5. The van der Waals surface area contributed by atoms with Gasteiger partial charge in [-0.2, -0.15) is 4.98 Å². The fourth-order valence-electron chi connectivity index (χ4n) is 3.46. The third kappa shape index (κ3) is 3.66. The molecule has 1 N–H and O–H groups in total. The predicted molar refractivity (Wildman–Crippen MR) is 102 cm³/mol. The third-order valence-electron chi connectivity index (χ3n) is 4.88. The van der Waals surface area contributed by atoms with Crippen molar-refractivity contribution in [3.63, 3.8) is 0 Å². The highest BCUT2D eigenvalue weighted by Gasteiger charge is 2.29. The Hall–Kier alpha value is -2.87. The quantitative estimate of drug-likeness (QED) is 0.740. The smallest absolute Gasteiger partial charge is 0.298 e. The Morgan fingerprint density at radius 2 is 2.04 bits per heavy atom. The maximum atomic E-state index is 12.6. The number of nitrogens with zero attached hydrogens (tertiary/aromatic N) is 4. The van der Waals surface area contributed by atoms with Crippen LogP contribution in [0.1, 0.15) is 19.1 Å². The van der Waals surface area contributed by atoms with Gasteiger partial charge in [0, 0.05) is 32.2 Å². The van der Waals surface area contributed by atoms with Gasteiger partial charge < -0.3 is 19.2 Å². The number of hydrogen-bond donors (Lipinski definition) is 1. The number of amides is 1. The zero-order valence-corrected chi connectivity index (χ0v) is 15.5. The number of fused-ring (bicyclic) bond motifs is 1. The molecule has 0 spiro atoms. The van der Waals surface area contributed by atoms with Gasteiger partial charge in [0.25, 0.3) is 6.01 Å². The molecule has 1 amide bonds. The first kappa shape index (κ1) is 17.5. The van der Waals surface area contributed by atoms with Crippen LogP contribution >= 0.6 is 0 Å². The molecule has 1 aliphatic heterocycles. The number of benzene rings is 1. The molecule has 0 saturated carbocycles. The van der Waals surface area contributed by atoms with Crippen LogP contribution in [0.25, 0.3) is 11.1 Å². The van der Waals surface area contributed by atoms with E-state index in [4.69, 9.17) is 8.94 Å². The normalized spacial score (nSPS) is 16.6. The van der Waals surface area contributed by atoms with Gasteiger partial charge in [0.05, 0.1) is 6.04 Å². The van der Waals surface area contributed by atoms with Gasteiger partial charge in [0.15, 0.2) is 11.4 Å². The van der Waals surface area contributed by atoms with Crippen LogP contribution in [0, 0.1) is 6.92 Å². The van der Waals surface area contributed by atoms with Gasteiger partial charge >= 0.3 is 0 Å². The van der Waals surface area contributed by atoms with E-state index in [1.165, 1.54) is 0 Å². The average molecular weight is 369 g/mol. The van der Waals surface area contributed by atoms with Gasteiger partial charge in [-0.25, -0.2) is 0 Å². The number of anilines is 2. The number of piperazine rings is 1. The van der Waals surface area contributed by atoms with Gasteiger partial charge in [0.1, 0.15) is 11.3 Å². The topological polar surface area (TPSA) is 87.6 Å². The predicted octanol–water partition coefficient (Wildman–Crippen LogP) is 2.66. The van der Waals surface area contributed by atoms with E-state index in [1.807, 2.05) is 31.2 Å². The minimum Gasteiger partial charge on any atom is -0.423 e. The van der Waals surface area contributed by atoms with Gasteiger partial charge in [-0.15, -0.1) is 0 Å². The van der Waals surface area contributed by atoms with Gasteiger partial charge in [-0.05, 0) is 25.5 Å². The van der Waals surface area contributed by atoms with E-state index in [0.29, 0.717) is 17.6 Å². The molecule has 0 bridgehead atoms. The molecule has 0 radical (unpaired) electrons. The number of nitrogens with one attached hydrogen (secondary N) is 1. The van der Waals surface area contributed by atoms with Crippen molar-refractivity contribution in [2.24, 2.45) is 0 Å². The van der Waals surface area contributed by atoms with Crippen molar-refractivity contribution >= 4 is 28.8 Å². The number of oxazole rings is 1. The fourth-order valence-corrected chi connectivity index (χ4v) is 3.46. The van der Waals surface area contributed by atoms with E-state index in [0.717, 1.165) is 43.7 Å². The molecule has 8 heteroatoms. The van der Waals surface area contributed by atoms with Gasteiger partial charge in [-0.1, -0.05) is 24.2 Å². The molecule has 1 aromatic carbocycles. The van der Waals surface area contributed by atoms with Gasteiger partial charge in [-0.3, -0.25) is 9.69 Å². The van der Waals surface area contributed by atoms with Crippen LogP contribution in [-0.2, 0) is 4.79 Å². The highest BCUT2D eigenvalue weighted by Crippen LogP contribution is 2.23. The van der Waals surface area contributed by atoms with E-state index >= 15 is 0 Å². The van der Waals surface area contributed by atoms with Crippen molar-refractivity contribution in [2.75, 3.05) is 36.4 Å². The van der Waals surface area contributed by atoms with E-state index < -0.39 is 0 Å². The first-order valence-electron chi connectivity index (χ1n) is 9.23. The minimum absolute atomic E-state index is 0.0545. The summed E-state index contributed by atoms with van der Waals surface area (Å²) in [7, 11) is 0. The molecule has 1 atom stereocenters. The maximum Gasteiger partial charge on any atom is 0.298 e. The Bertz CT molecular complexity index is 893. The Morgan fingerprint density at radius 3 is 2.70 bits per heavy atom. The van der Waals surface area contributed by atoms with Gasteiger partial charge in [0.2, 0.25) is 5.91 Å². The second-order valence-corrected chi connectivity index (χ2v) is 6.72. The second-order valence-electron chi connectivity index (χ2n) is 6.72. The summed E-state index contributed by atoms with van der Waals surface area (Å²) in [5.41, 5.74) is 1.66. The molecule has 1 fully saturated rings. The summed E-state index contributed by atoms with van der Waals surface area (Å²) in [5.74, 6) is 1.08. The summed E-state index contributed by atoms with van der Waals surface area (Å²) >= 11 is 0. The van der Waals surface area contributed by atoms with Crippen LogP contribution in [0.5, 0.6) is 0 Å². The molecule has 1 unspecified atom stereocenters. The van der Waals surface area contributed by atoms with E-state index in [9.17, 15) is 4.79 Å². The van der Waals surface area contributed by atoms with Crippen LogP contribution in [0.2, 0.25) is 0 Å².